The molecular formula is C14H22N4O3S. The predicted molar refractivity (Wildman–Crippen MR) is 84.0 cm³/mol. The Morgan fingerprint density at radius 3 is 2.55 bits per heavy atom. The Morgan fingerprint density at radius 2 is 1.95 bits per heavy atom. The molecule has 0 aliphatic heterocycles. The van der Waals surface area contributed by atoms with Crippen LogP contribution in [-0.2, 0) is 11.2 Å². The molecule has 2 rings (SSSR count). The largest absolute Gasteiger partial charge is 0.481 e. The smallest absolute Gasteiger partial charge is 0.321 e. The molecule has 1 aromatic heterocycles. The zero-order valence-corrected chi connectivity index (χ0v) is 13.7. The van der Waals surface area contributed by atoms with Crippen LogP contribution in [0.25, 0.3) is 0 Å². The highest BCUT2D eigenvalue weighted by Gasteiger charge is 2.26. The van der Waals surface area contributed by atoms with E-state index in [1.807, 2.05) is 0 Å². The maximum Gasteiger partial charge on any atom is 0.321 e. The number of aliphatic carboxylic acids is 1. The van der Waals surface area contributed by atoms with Crippen LogP contribution in [0, 0.1) is 11.8 Å². The highest BCUT2D eigenvalue weighted by atomic mass is 32.1. The molecule has 8 heteroatoms. The average molecular weight is 326 g/mol. The van der Waals surface area contributed by atoms with Gasteiger partial charge in [0.15, 0.2) is 0 Å². The normalized spacial score (nSPS) is 21.6. The van der Waals surface area contributed by atoms with E-state index in [1.165, 1.54) is 11.3 Å². The third-order valence-corrected chi connectivity index (χ3v) is 4.54. The second-order valence-corrected chi connectivity index (χ2v) is 7.15. The van der Waals surface area contributed by atoms with Crippen LogP contribution in [0.3, 0.4) is 0 Å². The minimum Gasteiger partial charge on any atom is -0.481 e. The SMILES string of the molecule is CC(C)Cc1nnc(NC(=O)NC2CCC(C(=O)O)CC2)s1. The average Bonchev–Trinajstić information content (AvgIpc) is 2.85. The summed E-state index contributed by atoms with van der Waals surface area (Å²) in [7, 11) is 0. The van der Waals surface area contributed by atoms with Crippen molar-refractivity contribution in [3.8, 4) is 0 Å². The molecule has 7 nitrogen and oxygen atoms in total. The van der Waals surface area contributed by atoms with Gasteiger partial charge in [-0.25, -0.2) is 4.79 Å². The van der Waals surface area contributed by atoms with Crippen LogP contribution in [0.1, 0.15) is 44.5 Å². The summed E-state index contributed by atoms with van der Waals surface area (Å²) in [6.45, 7) is 4.21. The van der Waals surface area contributed by atoms with Crippen LogP contribution in [-0.4, -0.2) is 33.3 Å². The fourth-order valence-corrected chi connectivity index (χ4v) is 3.49. The molecule has 1 fully saturated rings. The van der Waals surface area contributed by atoms with E-state index in [-0.39, 0.29) is 18.0 Å². The minimum absolute atomic E-state index is 0.0265. The lowest BCUT2D eigenvalue weighted by Gasteiger charge is -2.26. The number of hydrogen-bond donors (Lipinski definition) is 3. The molecule has 0 aromatic carbocycles. The van der Waals surface area contributed by atoms with Gasteiger partial charge >= 0.3 is 12.0 Å². The summed E-state index contributed by atoms with van der Waals surface area (Å²) in [5, 5.41) is 23.9. The van der Waals surface area contributed by atoms with Crippen molar-refractivity contribution in [3.63, 3.8) is 0 Å². The van der Waals surface area contributed by atoms with Crippen molar-refractivity contribution in [1.29, 1.82) is 0 Å². The Morgan fingerprint density at radius 1 is 1.27 bits per heavy atom. The standard InChI is InChI=1S/C14H22N4O3S/c1-8(2)7-11-17-18-14(22-11)16-13(21)15-10-5-3-9(4-6-10)12(19)20/h8-10H,3-7H2,1-2H3,(H,19,20)(H2,15,16,18,21). The first-order chi connectivity index (χ1) is 10.4. The van der Waals surface area contributed by atoms with E-state index in [9.17, 15) is 9.59 Å². The van der Waals surface area contributed by atoms with Crippen molar-refractivity contribution in [3.05, 3.63) is 5.01 Å². The van der Waals surface area contributed by atoms with E-state index in [0.29, 0.717) is 36.7 Å². The van der Waals surface area contributed by atoms with Crippen LogP contribution in [0.2, 0.25) is 0 Å². The number of amides is 2. The van der Waals surface area contributed by atoms with Crippen molar-refractivity contribution >= 4 is 28.5 Å². The molecule has 0 spiro atoms. The topological polar surface area (TPSA) is 104 Å². The Kier molecular flexibility index (Phi) is 5.70. The Labute approximate surface area is 133 Å². The van der Waals surface area contributed by atoms with E-state index in [1.54, 1.807) is 0 Å². The monoisotopic (exact) mass is 326 g/mol. The zero-order chi connectivity index (χ0) is 16.1. The van der Waals surface area contributed by atoms with Crippen LogP contribution in [0.5, 0.6) is 0 Å². The third kappa shape index (κ3) is 4.94. The number of nitrogens with zero attached hydrogens (tertiary/aromatic N) is 2. The second-order valence-electron chi connectivity index (χ2n) is 6.08. The van der Waals surface area contributed by atoms with Gasteiger partial charge in [0.2, 0.25) is 5.13 Å². The third-order valence-electron chi connectivity index (χ3n) is 3.68. The maximum absolute atomic E-state index is 11.9. The number of hydrogen-bond acceptors (Lipinski definition) is 5. The van der Waals surface area contributed by atoms with Gasteiger partial charge in [0.1, 0.15) is 5.01 Å². The molecule has 0 bridgehead atoms. The van der Waals surface area contributed by atoms with Gasteiger partial charge in [-0.15, -0.1) is 10.2 Å². The summed E-state index contributed by atoms with van der Waals surface area (Å²) >= 11 is 1.38. The summed E-state index contributed by atoms with van der Waals surface area (Å²) in [6, 6.07) is -0.273. The van der Waals surface area contributed by atoms with Gasteiger partial charge in [-0.05, 0) is 31.6 Å². The summed E-state index contributed by atoms with van der Waals surface area (Å²) in [4.78, 5) is 22.8. The molecule has 0 saturated heterocycles. The second kappa shape index (κ2) is 7.53. The molecule has 1 aromatic rings. The Bertz CT molecular complexity index is 524. The molecule has 2 amide bonds. The van der Waals surface area contributed by atoms with Crippen LogP contribution >= 0.6 is 11.3 Å². The Hall–Kier alpha value is -1.70. The van der Waals surface area contributed by atoms with Crippen LogP contribution in [0.4, 0.5) is 9.93 Å². The van der Waals surface area contributed by atoms with Gasteiger partial charge in [-0.3, -0.25) is 10.1 Å². The number of aromatic nitrogens is 2. The first kappa shape index (κ1) is 16.7. The highest BCUT2D eigenvalue weighted by molar-refractivity contribution is 7.15. The molecule has 122 valence electrons. The molecule has 0 radical (unpaired) electrons. The number of carbonyl (C=O) groups is 2. The van der Waals surface area contributed by atoms with Gasteiger partial charge < -0.3 is 10.4 Å². The highest BCUT2D eigenvalue weighted by Crippen LogP contribution is 2.24. The van der Waals surface area contributed by atoms with Gasteiger partial charge in [0.05, 0.1) is 5.92 Å². The molecule has 1 aliphatic rings. The van der Waals surface area contributed by atoms with Gasteiger partial charge in [0, 0.05) is 12.5 Å². The number of rotatable bonds is 5. The number of anilines is 1. The van der Waals surface area contributed by atoms with Gasteiger partial charge in [0.25, 0.3) is 0 Å². The lowest BCUT2D eigenvalue weighted by molar-refractivity contribution is -0.142. The van der Waals surface area contributed by atoms with Crippen LogP contribution in [0.15, 0.2) is 0 Å². The summed E-state index contributed by atoms with van der Waals surface area (Å²) in [6.07, 6.45) is 3.45. The molecular weight excluding hydrogens is 304 g/mol. The first-order valence-electron chi connectivity index (χ1n) is 7.56. The number of carbonyl (C=O) groups excluding carboxylic acids is 1. The van der Waals surface area contributed by atoms with Crippen LogP contribution < -0.4 is 10.6 Å². The number of carboxylic acid groups (broad SMARTS) is 1. The zero-order valence-electron chi connectivity index (χ0n) is 12.8. The summed E-state index contributed by atoms with van der Waals surface area (Å²) in [5.74, 6) is -0.517. The van der Waals surface area contributed by atoms with E-state index in [0.717, 1.165) is 11.4 Å². The number of urea groups is 1. The lowest BCUT2D eigenvalue weighted by Crippen LogP contribution is -2.40. The minimum atomic E-state index is -0.741. The molecule has 22 heavy (non-hydrogen) atoms. The first-order valence-corrected chi connectivity index (χ1v) is 8.38. The molecule has 3 N–H and O–H groups in total. The number of nitrogens with one attached hydrogen (secondary N) is 2. The fourth-order valence-electron chi connectivity index (χ4n) is 2.54. The molecule has 0 atom stereocenters. The van der Waals surface area contributed by atoms with Gasteiger partial charge in [-0.1, -0.05) is 25.2 Å². The van der Waals surface area contributed by atoms with E-state index in [4.69, 9.17) is 5.11 Å². The molecule has 1 saturated carbocycles. The quantitative estimate of drug-likeness (QED) is 0.771. The predicted octanol–water partition coefficient (Wildman–Crippen LogP) is 2.50. The summed E-state index contributed by atoms with van der Waals surface area (Å²) in [5.41, 5.74) is 0. The van der Waals surface area contributed by atoms with E-state index >= 15 is 0 Å². The lowest BCUT2D eigenvalue weighted by atomic mass is 9.86. The van der Waals surface area contributed by atoms with Crippen molar-refractivity contribution in [2.45, 2.75) is 52.0 Å². The van der Waals surface area contributed by atoms with Crippen molar-refractivity contribution in [2.24, 2.45) is 11.8 Å². The fraction of sp³-hybridized carbons (Fsp3) is 0.714. The summed E-state index contributed by atoms with van der Waals surface area (Å²) < 4.78 is 0. The van der Waals surface area contributed by atoms with Gasteiger partial charge in [-0.2, -0.15) is 0 Å². The van der Waals surface area contributed by atoms with E-state index < -0.39 is 5.97 Å². The van der Waals surface area contributed by atoms with Crippen molar-refractivity contribution in [1.82, 2.24) is 15.5 Å². The maximum atomic E-state index is 11.9. The van der Waals surface area contributed by atoms with Crippen molar-refractivity contribution < 1.29 is 14.7 Å². The molecule has 1 heterocycles. The molecule has 0 unspecified atom stereocenters. The van der Waals surface area contributed by atoms with E-state index in [2.05, 4.69) is 34.7 Å². The van der Waals surface area contributed by atoms with Crippen molar-refractivity contribution in [2.75, 3.05) is 5.32 Å². The number of carboxylic acids is 1. The Balaban J connectivity index is 1.76. The molecule has 1 aliphatic carbocycles.